The van der Waals surface area contributed by atoms with E-state index in [0.717, 1.165) is 6.07 Å². The van der Waals surface area contributed by atoms with Gasteiger partial charge in [0.2, 0.25) is 0 Å². The molecule has 3 nitrogen and oxygen atoms in total. The van der Waals surface area contributed by atoms with Crippen molar-refractivity contribution >= 4 is 22.8 Å². The van der Waals surface area contributed by atoms with Crippen molar-refractivity contribution in [1.29, 1.82) is 0 Å². The van der Waals surface area contributed by atoms with Crippen LogP contribution in [0.1, 0.15) is 17.3 Å². The third-order valence-electron chi connectivity index (χ3n) is 2.70. The molecule has 104 valence electrons. The maximum Gasteiger partial charge on any atom is 0.182 e. The average Bonchev–Trinajstić information content (AvgIpc) is 2.37. The van der Waals surface area contributed by atoms with Crippen LogP contribution in [0.15, 0.2) is 30.3 Å². The molecule has 6 heteroatoms. The second-order valence-corrected chi connectivity index (χ2v) is 4.23. The number of carbonyl (C=O) groups is 1. The number of nitrogen functional groups attached to an aromatic ring is 1. The van der Waals surface area contributed by atoms with Crippen LogP contribution in [0.5, 0.6) is 0 Å². The molecule has 0 heterocycles. The van der Waals surface area contributed by atoms with Crippen molar-refractivity contribution in [3.63, 3.8) is 0 Å². The van der Waals surface area contributed by atoms with Crippen molar-refractivity contribution in [2.24, 2.45) is 0 Å². The Morgan fingerprint density at radius 2 is 1.85 bits per heavy atom. The first kappa shape index (κ1) is 13.9. The van der Waals surface area contributed by atoms with E-state index in [1.54, 1.807) is 0 Å². The number of Topliss-reactive ketones (excluding diaryl/α,β-unsaturated/α-hetero) is 1. The van der Waals surface area contributed by atoms with Crippen LogP contribution in [0.4, 0.5) is 30.2 Å². The van der Waals surface area contributed by atoms with Gasteiger partial charge in [-0.3, -0.25) is 4.79 Å². The molecular weight excluding hydrogens is 269 g/mol. The number of halogens is 3. The summed E-state index contributed by atoms with van der Waals surface area (Å²) in [6, 6.07) is 5.59. The van der Waals surface area contributed by atoms with E-state index in [4.69, 9.17) is 5.73 Å². The first-order chi connectivity index (χ1) is 9.38. The van der Waals surface area contributed by atoms with Crippen molar-refractivity contribution in [2.75, 3.05) is 11.1 Å². The standard InChI is InChI=1S/C14H11F3N2O/c1-7(20)10-6-9(2-3-12(10)18)19-13-5-8(15)4-11(16)14(13)17/h2-6,19H,18H2,1H3. The summed E-state index contributed by atoms with van der Waals surface area (Å²) in [4.78, 5) is 11.3. The van der Waals surface area contributed by atoms with Gasteiger partial charge in [-0.25, -0.2) is 13.2 Å². The van der Waals surface area contributed by atoms with Crippen molar-refractivity contribution in [1.82, 2.24) is 0 Å². The van der Waals surface area contributed by atoms with Crippen LogP contribution in [-0.2, 0) is 0 Å². The summed E-state index contributed by atoms with van der Waals surface area (Å²) < 4.78 is 39.7. The summed E-state index contributed by atoms with van der Waals surface area (Å²) in [5.41, 5.74) is 6.07. The van der Waals surface area contributed by atoms with Crippen molar-refractivity contribution in [3.8, 4) is 0 Å². The third-order valence-corrected chi connectivity index (χ3v) is 2.70. The van der Waals surface area contributed by atoms with Crippen LogP contribution in [0.3, 0.4) is 0 Å². The number of carbonyl (C=O) groups excluding carboxylic acids is 1. The summed E-state index contributed by atoms with van der Waals surface area (Å²) in [6.07, 6.45) is 0. The topological polar surface area (TPSA) is 55.1 Å². The fourth-order valence-electron chi connectivity index (χ4n) is 1.74. The molecule has 0 spiro atoms. The van der Waals surface area contributed by atoms with Crippen LogP contribution in [0.2, 0.25) is 0 Å². The maximum atomic E-state index is 13.5. The van der Waals surface area contributed by atoms with E-state index in [1.807, 2.05) is 0 Å². The Hall–Kier alpha value is -2.50. The predicted octanol–water partition coefficient (Wildman–Crippen LogP) is 3.63. The molecule has 20 heavy (non-hydrogen) atoms. The minimum absolute atomic E-state index is 0.243. The number of nitrogens with two attached hydrogens (primary N) is 1. The molecule has 2 aromatic rings. The molecule has 0 amide bonds. The highest BCUT2D eigenvalue weighted by Gasteiger charge is 2.12. The Kier molecular flexibility index (Phi) is 3.65. The fourth-order valence-corrected chi connectivity index (χ4v) is 1.74. The molecule has 0 aliphatic rings. The zero-order chi connectivity index (χ0) is 14.9. The minimum atomic E-state index is -1.30. The van der Waals surface area contributed by atoms with Gasteiger partial charge in [0.1, 0.15) is 5.82 Å². The highest BCUT2D eigenvalue weighted by atomic mass is 19.2. The van der Waals surface area contributed by atoms with Crippen LogP contribution in [0.25, 0.3) is 0 Å². The van der Waals surface area contributed by atoms with E-state index in [2.05, 4.69) is 5.32 Å². The highest BCUT2D eigenvalue weighted by Crippen LogP contribution is 2.25. The van der Waals surface area contributed by atoms with Crippen LogP contribution >= 0.6 is 0 Å². The molecule has 0 radical (unpaired) electrons. The van der Waals surface area contributed by atoms with E-state index in [1.165, 1.54) is 25.1 Å². The van der Waals surface area contributed by atoms with Crippen molar-refractivity contribution in [2.45, 2.75) is 6.92 Å². The number of benzene rings is 2. The first-order valence-electron chi connectivity index (χ1n) is 5.70. The van der Waals surface area contributed by atoms with Gasteiger partial charge >= 0.3 is 0 Å². The number of nitrogens with one attached hydrogen (secondary N) is 1. The molecule has 0 fully saturated rings. The smallest absolute Gasteiger partial charge is 0.182 e. The lowest BCUT2D eigenvalue weighted by Crippen LogP contribution is -2.02. The Labute approximate surface area is 113 Å². The van der Waals surface area contributed by atoms with Gasteiger partial charge in [0.05, 0.1) is 5.69 Å². The van der Waals surface area contributed by atoms with Gasteiger partial charge in [0, 0.05) is 29.1 Å². The van der Waals surface area contributed by atoms with Gasteiger partial charge < -0.3 is 11.1 Å². The largest absolute Gasteiger partial charge is 0.398 e. The van der Waals surface area contributed by atoms with E-state index in [9.17, 15) is 18.0 Å². The number of rotatable bonds is 3. The molecule has 0 bridgehead atoms. The van der Waals surface area contributed by atoms with E-state index >= 15 is 0 Å². The number of hydrogen-bond acceptors (Lipinski definition) is 3. The van der Waals surface area contributed by atoms with E-state index < -0.39 is 17.5 Å². The molecule has 0 aliphatic carbocycles. The van der Waals surface area contributed by atoms with Crippen LogP contribution in [-0.4, -0.2) is 5.78 Å². The molecule has 0 atom stereocenters. The van der Waals surface area contributed by atoms with Gasteiger partial charge in [-0.05, 0) is 25.1 Å². The van der Waals surface area contributed by atoms with Gasteiger partial charge in [-0.2, -0.15) is 0 Å². The summed E-state index contributed by atoms with van der Waals surface area (Å²) in [5.74, 6) is -3.67. The van der Waals surface area contributed by atoms with Crippen molar-refractivity contribution < 1.29 is 18.0 Å². The lowest BCUT2D eigenvalue weighted by molar-refractivity contribution is 0.101. The van der Waals surface area contributed by atoms with Crippen LogP contribution < -0.4 is 11.1 Å². The number of hydrogen-bond donors (Lipinski definition) is 2. The zero-order valence-corrected chi connectivity index (χ0v) is 10.5. The fraction of sp³-hybridized carbons (Fsp3) is 0.0714. The Balaban J connectivity index is 2.40. The Morgan fingerprint density at radius 3 is 2.50 bits per heavy atom. The van der Waals surface area contributed by atoms with Gasteiger partial charge in [-0.1, -0.05) is 0 Å². The first-order valence-corrected chi connectivity index (χ1v) is 5.70. The highest BCUT2D eigenvalue weighted by molar-refractivity contribution is 6.00. The average molecular weight is 280 g/mol. The molecule has 0 aliphatic heterocycles. The van der Waals surface area contributed by atoms with Crippen molar-refractivity contribution in [3.05, 3.63) is 53.3 Å². The second-order valence-electron chi connectivity index (χ2n) is 4.23. The van der Waals surface area contributed by atoms with E-state index in [-0.39, 0.29) is 22.7 Å². The summed E-state index contributed by atoms with van der Waals surface area (Å²) in [6.45, 7) is 1.33. The molecule has 0 saturated carbocycles. The third kappa shape index (κ3) is 2.74. The molecule has 0 aromatic heterocycles. The molecule has 2 aromatic carbocycles. The quantitative estimate of drug-likeness (QED) is 0.513. The molecule has 0 unspecified atom stereocenters. The molecule has 3 N–H and O–H groups in total. The zero-order valence-electron chi connectivity index (χ0n) is 10.5. The maximum absolute atomic E-state index is 13.5. The SMILES string of the molecule is CC(=O)c1cc(Nc2cc(F)cc(F)c2F)ccc1N. The second kappa shape index (κ2) is 5.24. The van der Waals surface area contributed by atoms with Gasteiger partial charge in [-0.15, -0.1) is 0 Å². The summed E-state index contributed by atoms with van der Waals surface area (Å²) in [7, 11) is 0. The lowest BCUT2D eigenvalue weighted by Gasteiger charge is -2.10. The minimum Gasteiger partial charge on any atom is -0.398 e. The van der Waals surface area contributed by atoms with E-state index in [0.29, 0.717) is 11.8 Å². The Morgan fingerprint density at radius 1 is 1.15 bits per heavy atom. The monoisotopic (exact) mass is 280 g/mol. The number of anilines is 3. The number of ketones is 1. The molecule has 2 rings (SSSR count). The van der Waals surface area contributed by atoms with Gasteiger partial charge in [0.15, 0.2) is 17.4 Å². The van der Waals surface area contributed by atoms with Gasteiger partial charge in [0.25, 0.3) is 0 Å². The molecular formula is C14H11F3N2O. The van der Waals surface area contributed by atoms with Crippen LogP contribution in [0, 0.1) is 17.5 Å². The molecule has 0 saturated heterocycles. The predicted molar refractivity (Wildman–Crippen MR) is 70.5 cm³/mol. The lowest BCUT2D eigenvalue weighted by atomic mass is 10.1. The normalized spacial score (nSPS) is 10.4. The Bertz CT molecular complexity index is 686. The summed E-state index contributed by atoms with van der Waals surface area (Å²) >= 11 is 0. The summed E-state index contributed by atoms with van der Waals surface area (Å²) in [5, 5.41) is 2.51.